The summed E-state index contributed by atoms with van der Waals surface area (Å²) < 4.78 is 20.2. The number of pyridine rings is 1. The maximum Gasteiger partial charge on any atom is 0.323 e. The zero-order chi connectivity index (χ0) is 35.2. The lowest BCUT2D eigenvalue weighted by Crippen LogP contribution is -2.37. The highest BCUT2D eigenvalue weighted by Gasteiger charge is 2.21. The molecule has 6 N–H and O–H groups in total. The molecule has 1 unspecified atom stereocenters. The number of carbonyl (C=O) groups is 2. The van der Waals surface area contributed by atoms with Crippen LogP contribution < -0.4 is 21.9 Å². The first-order chi connectivity index (χ1) is 23.0. The molecule has 0 bridgehead atoms. The van der Waals surface area contributed by atoms with Gasteiger partial charge in [-0.15, -0.1) is 0 Å². The van der Waals surface area contributed by atoms with Crippen molar-refractivity contribution in [1.82, 2.24) is 9.97 Å². The van der Waals surface area contributed by atoms with Gasteiger partial charge in [-0.05, 0) is 47.9 Å². The first-order valence-electron chi connectivity index (χ1n) is 14.4. The van der Waals surface area contributed by atoms with Gasteiger partial charge >= 0.3 is 11.9 Å². The smallest absolute Gasteiger partial charge is 0.323 e. The number of thioether (sulfide) groups is 1. The summed E-state index contributed by atoms with van der Waals surface area (Å²) in [5.74, 6) is 0.583. The Kier molecular flexibility index (Phi) is 14.2. The van der Waals surface area contributed by atoms with Crippen molar-refractivity contribution in [1.29, 1.82) is 10.5 Å². The number of halogens is 1. The number of carbonyl (C=O) groups excluding carboxylic acids is 2. The number of nitrogen functional groups attached to an aromatic ring is 1. The molecule has 0 amide bonds. The van der Waals surface area contributed by atoms with Crippen LogP contribution in [0.3, 0.4) is 0 Å². The highest BCUT2D eigenvalue weighted by atomic mass is 35.5. The van der Waals surface area contributed by atoms with Crippen molar-refractivity contribution in [2.24, 2.45) is 17.4 Å². The average molecular weight is 692 g/mol. The van der Waals surface area contributed by atoms with E-state index in [1.807, 2.05) is 26.0 Å². The van der Waals surface area contributed by atoms with Crippen LogP contribution in [-0.2, 0) is 24.8 Å². The van der Waals surface area contributed by atoms with Crippen LogP contribution in [-0.4, -0.2) is 54.8 Å². The van der Waals surface area contributed by atoms with E-state index in [-0.39, 0.29) is 42.6 Å². The minimum atomic E-state index is -0.643. The fraction of sp³-hybridized carbons (Fsp3) is 0.273. The number of hydrogen-bond donors (Lipinski definition) is 3. The Bertz CT molecular complexity index is 1780. The van der Waals surface area contributed by atoms with Crippen LogP contribution >= 0.6 is 23.4 Å². The molecule has 13 nitrogen and oxygen atoms in total. The number of rotatable bonds is 12. The molecule has 0 radical (unpaired) electrons. The lowest BCUT2D eigenvalue weighted by molar-refractivity contribution is -0.153. The van der Waals surface area contributed by atoms with Crippen molar-refractivity contribution in [3.63, 3.8) is 0 Å². The summed E-state index contributed by atoms with van der Waals surface area (Å²) in [4.78, 5) is 30.6. The van der Waals surface area contributed by atoms with Crippen molar-refractivity contribution >= 4 is 41.1 Å². The monoisotopic (exact) mass is 691 g/mol. The Morgan fingerprint density at radius 1 is 0.979 bits per heavy atom. The number of methoxy groups -OCH3 is 1. The molecule has 4 aromatic rings. The van der Waals surface area contributed by atoms with E-state index in [2.05, 4.69) is 26.8 Å². The van der Waals surface area contributed by atoms with Gasteiger partial charge in [-0.25, -0.2) is 9.97 Å². The van der Waals surface area contributed by atoms with Crippen molar-refractivity contribution in [3.05, 3.63) is 76.6 Å². The van der Waals surface area contributed by atoms with Crippen LogP contribution in [0, 0.1) is 28.6 Å². The predicted octanol–water partition coefficient (Wildman–Crippen LogP) is 4.70. The van der Waals surface area contributed by atoms with E-state index in [1.54, 1.807) is 49.8 Å². The third-order valence-corrected chi connectivity index (χ3v) is 7.80. The van der Waals surface area contributed by atoms with Crippen LogP contribution in [0.2, 0.25) is 5.02 Å². The highest BCUT2D eigenvalue weighted by molar-refractivity contribution is 7.98. The topological polar surface area (TPSA) is 226 Å². The van der Waals surface area contributed by atoms with E-state index in [4.69, 9.17) is 42.7 Å². The molecule has 48 heavy (non-hydrogen) atoms. The van der Waals surface area contributed by atoms with Gasteiger partial charge in [0, 0.05) is 21.9 Å². The first-order valence-corrected chi connectivity index (χ1v) is 15.8. The van der Waals surface area contributed by atoms with Gasteiger partial charge in [0.1, 0.15) is 59.8 Å². The van der Waals surface area contributed by atoms with Crippen LogP contribution in [0.4, 0.5) is 5.82 Å². The van der Waals surface area contributed by atoms with E-state index >= 15 is 0 Å². The molecule has 0 spiro atoms. The second kappa shape index (κ2) is 18.3. The normalized spacial score (nSPS) is 11.0. The molecule has 250 valence electrons. The average Bonchev–Trinajstić information content (AvgIpc) is 3.58. The number of esters is 2. The van der Waals surface area contributed by atoms with Gasteiger partial charge < -0.3 is 35.8 Å². The largest absolute Gasteiger partial charge is 0.497 e. The summed E-state index contributed by atoms with van der Waals surface area (Å²) in [6.07, 6.45) is 1.56. The van der Waals surface area contributed by atoms with Gasteiger partial charge in [0.2, 0.25) is 5.89 Å². The van der Waals surface area contributed by atoms with Crippen LogP contribution in [0.25, 0.3) is 22.6 Å². The third-order valence-electron chi connectivity index (χ3n) is 6.54. The Hall–Kier alpha value is -5.12. The standard InChI is InChI=1S/C24H16ClN5O2S.C9H18N2O4/c1-31-18-8-4-14(5-9-18)21-19(10-26)22(28)30-24(20(21)11-27)33-13-17-12-32-23(29-17)15-2-6-16(25)7-3-15;1-6(2)8(11)9(13)15-4-3-14-7(12)5-10/h2-9,12H,13H2,1H3,(H2,28,30);6,8H,3-5,10-11H2,1-2H3. The molecule has 2 heterocycles. The number of oxazole rings is 1. The lowest BCUT2D eigenvalue weighted by atomic mass is 9.97. The molecule has 0 saturated carbocycles. The molecule has 0 aliphatic rings. The van der Waals surface area contributed by atoms with E-state index < -0.39 is 18.0 Å². The SMILES string of the molecule is CC(C)C(N)C(=O)OCCOC(=O)CN.COc1ccc(-c2c(C#N)c(N)nc(SCc3coc(-c4ccc(Cl)cc4)n3)c2C#N)cc1. The summed E-state index contributed by atoms with van der Waals surface area (Å²) in [7, 11) is 1.57. The van der Waals surface area contributed by atoms with E-state index in [0.29, 0.717) is 44.3 Å². The molecule has 0 saturated heterocycles. The molecule has 0 fully saturated rings. The van der Waals surface area contributed by atoms with Crippen LogP contribution in [0.5, 0.6) is 5.75 Å². The van der Waals surface area contributed by atoms with Crippen molar-refractivity contribution in [3.8, 4) is 40.5 Å². The number of hydrogen-bond acceptors (Lipinski definition) is 14. The van der Waals surface area contributed by atoms with E-state index in [9.17, 15) is 20.1 Å². The predicted molar refractivity (Wildman–Crippen MR) is 180 cm³/mol. The van der Waals surface area contributed by atoms with E-state index in [0.717, 1.165) is 5.56 Å². The highest BCUT2D eigenvalue weighted by Crippen LogP contribution is 2.37. The number of aromatic nitrogens is 2. The number of ether oxygens (including phenoxy) is 3. The molecule has 15 heteroatoms. The summed E-state index contributed by atoms with van der Waals surface area (Å²) in [5, 5.41) is 20.6. The molecular weight excluding hydrogens is 658 g/mol. The van der Waals surface area contributed by atoms with Gasteiger partial charge in [-0.2, -0.15) is 10.5 Å². The van der Waals surface area contributed by atoms with Gasteiger partial charge in [-0.1, -0.05) is 49.3 Å². The molecule has 0 aliphatic carbocycles. The Labute approximate surface area is 286 Å². The fourth-order valence-corrected chi connectivity index (χ4v) is 4.91. The number of anilines is 1. The molecule has 4 rings (SSSR count). The lowest BCUT2D eigenvalue weighted by Gasteiger charge is -2.14. The Morgan fingerprint density at radius 3 is 2.19 bits per heavy atom. The zero-order valence-corrected chi connectivity index (χ0v) is 28.0. The van der Waals surface area contributed by atoms with Crippen molar-refractivity contribution in [2.75, 3.05) is 32.6 Å². The minimum Gasteiger partial charge on any atom is -0.497 e. The number of nitrogens with zero attached hydrogens (tertiary/aromatic N) is 4. The number of nitrogens with two attached hydrogens (primary N) is 3. The van der Waals surface area contributed by atoms with Gasteiger partial charge in [-0.3, -0.25) is 9.59 Å². The Morgan fingerprint density at radius 2 is 1.60 bits per heavy atom. The summed E-state index contributed by atoms with van der Waals surface area (Å²) in [5.41, 5.74) is 19.6. The van der Waals surface area contributed by atoms with E-state index in [1.165, 1.54) is 11.8 Å². The summed E-state index contributed by atoms with van der Waals surface area (Å²) in [6.45, 7) is 3.47. The second-order valence-electron chi connectivity index (χ2n) is 10.2. The minimum absolute atomic E-state index is 0.00495. The third kappa shape index (κ3) is 10.2. The van der Waals surface area contributed by atoms with Crippen molar-refractivity contribution < 1.29 is 28.2 Å². The maximum atomic E-state index is 11.2. The van der Waals surface area contributed by atoms with Crippen LogP contribution in [0.15, 0.2) is 64.2 Å². The summed E-state index contributed by atoms with van der Waals surface area (Å²) in [6, 6.07) is 17.9. The first kappa shape index (κ1) is 37.3. The zero-order valence-electron chi connectivity index (χ0n) is 26.4. The number of benzene rings is 2. The van der Waals surface area contributed by atoms with Gasteiger partial charge in [0.15, 0.2) is 0 Å². The van der Waals surface area contributed by atoms with Gasteiger partial charge in [0.05, 0.1) is 24.9 Å². The molecule has 1 atom stereocenters. The summed E-state index contributed by atoms with van der Waals surface area (Å²) >= 11 is 7.23. The van der Waals surface area contributed by atoms with Crippen molar-refractivity contribution in [2.45, 2.75) is 30.7 Å². The molecular formula is C33H34ClN7O6S. The quantitative estimate of drug-likeness (QED) is 0.104. The van der Waals surface area contributed by atoms with Gasteiger partial charge in [0.25, 0.3) is 0 Å². The molecule has 2 aromatic heterocycles. The fourth-order valence-electron chi connectivity index (χ4n) is 3.91. The number of nitriles is 2. The molecule has 0 aliphatic heterocycles. The maximum absolute atomic E-state index is 11.2. The molecule has 2 aromatic carbocycles. The second-order valence-corrected chi connectivity index (χ2v) is 11.6. The Balaban J connectivity index is 0.000000353. The van der Waals surface area contributed by atoms with Crippen LogP contribution in [0.1, 0.15) is 30.7 Å².